The molecule has 0 aliphatic carbocycles. The SMILES string of the molecule is C[C@H](c1ccccc1)N(C[C@@H](O)c1ccc(Br)cc1)C(=O)CCl. The van der Waals surface area contributed by atoms with Crippen LogP contribution in [0.4, 0.5) is 0 Å². The molecule has 2 aromatic rings. The van der Waals surface area contributed by atoms with Crippen molar-refractivity contribution in [3.8, 4) is 0 Å². The molecule has 122 valence electrons. The normalized spacial score (nSPS) is 13.4. The predicted octanol–water partition coefficient (Wildman–Crippen LogP) is 4.31. The fourth-order valence-electron chi connectivity index (χ4n) is 2.44. The number of halogens is 2. The third-order valence-corrected chi connectivity index (χ3v) is 4.57. The van der Waals surface area contributed by atoms with Gasteiger partial charge >= 0.3 is 0 Å². The monoisotopic (exact) mass is 395 g/mol. The van der Waals surface area contributed by atoms with Gasteiger partial charge in [-0.15, -0.1) is 11.6 Å². The van der Waals surface area contributed by atoms with E-state index in [1.54, 1.807) is 4.90 Å². The van der Waals surface area contributed by atoms with E-state index in [9.17, 15) is 9.90 Å². The van der Waals surface area contributed by atoms with Crippen molar-refractivity contribution in [2.24, 2.45) is 0 Å². The molecule has 2 rings (SSSR count). The molecule has 0 aliphatic rings. The van der Waals surface area contributed by atoms with Crippen LogP contribution in [0.1, 0.15) is 30.2 Å². The molecule has 0 bridgehead atoms. The molecule has 0 saturated heterocycles. The lowest BCUT2D eigenvalue weighted by atomic mass is 10.0. The van der Waals surface area contributed by atoms with Crippen LogP contribution in [-0.4, -0.2) is 28.3 Å². The zero-order valence-electron chi connectivity index (χ0n) is 12.8. The summed E-state index contributed by atoms with van der Waals surface area (Å²) in [5, 5.41) is 10.5. The first-order valence-corrected chi connectivity index (χ1v) is 8.69. The summed E-state index contributed by atoms with van der Waals surface area (Å²) >= 11 is 9.12. The van der Waals surface area contributed by atoms with Crippen molar-refractivity contribution in [2.45, 2.75) is 19.1 Å². The minimum Gasteiger partial charge on any atom is -0.387 e. The first-order chi connectivity index (χ1) is 11.0. The molecule has 0 fully saturated rings. The van der Waals surface area contributed by atoms with E-state index >= 15 is 0 Å². The highest BCUT2D eigenvalue weighted by Gasteiger charge is 2.24. The minimum atomic E-state index is -0.763. The quantitative estimate of drug-likeness (QED) is 0.739. The average molecular weight is 397 g/mol. The lowest BCUT2D eigenvalue weighted by Gasteiger charge is -2.31. The van der Waals surface area contributed by atoms with Crippen molar-refractivity contribution < 1.29 is 9.90 Å². The smallest absolute Gasteiger partial charge is 0.238 e. The first-order valence-electron chi connectivity index (χ1n) is 7.37. The highest BCUT2D eigenvalue weighted by Crippen LogP contribution is 2.25. The van der Waals surface area contributed by atoms with Crippen LogP contribution in [0.5, 0.6) is 0 Å². The number of hydrogen-bond acceptors (Lipinski definition) is 2. The number of benzene rings is 2. The number of hydrogen-bond donors (Lipinski definition) is 1. The second-order valence-electron chi connectivity index (χ2n) is 5.33. The van der Waals surface area contributed by atoms with Gasteiger partial charge in [-0.2, -0.15) is 0 Å². The Balaban J connectivity index is 2.18. The van der Waals surface area contributed by atoms with Gasteiger partial charge < -0.3 is 10.0 Å². The average Bonchev–Trinajstić information content (AvgIpc) is 2.59. The molecule has 0 aliphatic heterocycles. The van der Waals surface area contributed by atoms with E-state index in [1.807, 2.05) is 61.5 Å². The fraction of sp³-hybridized carbons (Fsp3) is 0.278. The maximum absolute atomic E-state index is 12.2. The van der Waals surface area contributed by atoms with Gasteiger partial charge in [-0.3, -0.25) is 4.79 Å². The third-order valence-electron chi connectivity index (χ3n) is 3.81. The number of amides is 1. The molecule has 0 saturated carbocycles. The van der Waals surface area contributed by atoms with Crippen LogP contribution < -0.4 is 0 Å². The molecule has 0 unspecified atom stereocenters. The van der Waals surface area contributed by atoms with Gasteiger partial charge in [0.2, 0.25) is 5.91 Å². The first kappa shape index (κ1) is 18.0. The molecule has 23 heavy (non-hydrogen) atoms. The summed E-state index contributed by atoms with van der Waals surface area (Å²) in [6.07, 6.45) is -0.763. The highest BCUT2D eigenvalue weighted by molar-refractivity contribution is 9.10. The Morgan fingerprint density at radius 1 is 1.13 bits per heavy atom. The van der Waals surface area contributed by atoms with E-state index in [2.05, 4.69) is 15.9 Å². The molecule has 3 nitrogen and oxygen atoms in total. The van der Waals surface area contributed by atoms with E-state index in [-0.39, 0.29) is 24.4 Å². The van der Waals surface area contributed by atoms with Crippen molar-refractivity contribution in [1.82, 2.24) is 4.90 Å². The second-order valence-corrected chi connectivity index (χ2v) is 6.52. The second kappa shape index (κ2) is 8.48. The maximum Gasteiger partial charge on any atom is 0.238 e. The lowest BCUT2D eigenvalue weighted by molar-refractivity contribution is -0.132. The van der Waals surface area contributed by atoms with Crippen LogP contribution in [0.3, 0.4) is 0 Å². The maximum atomic E-state index is 12.2. The molecule has 1 amide bonds. The van der Waals surface area contributed by atoms with Gasteiger partial charge in [0.1, 0.15) is 5.88 Å². The van der Waals surface area contributed by atoms with Crippen LogP contribution in [0.15, 0.2) is 59.1 Å². The summed E-state index contributed by atoms with van der Waals surface area (Å²) in [5.74, 6) is -0.302. The van der Waals surface area contributed by atoms with Crippen LogP contribution in [0.2, 0.25) is 0 Å². The number of carbonyl (C=O) groups excluding carboxylic acids is 1. The van der Waals surface area contributed by atoms with Crippen molar-refractivity contribution in [3.63, 3.8) is 0 Å². The van der Waals surface area contributed by atoms with E-state index < -0.39 is 6.10 Å². The third kappa shape index (κ3) is 4.80. The minimum absolute atomic E-state index is 0.107. The largest absolute Gasteiger partial charge is 0.387 e. The topological polar surface area (TPSA) is 40.5 Å². The predicted molar refractivity (Wildman–Crippen MR) is 96.4 cm³/mol. The van der Waals surface area contributed by atoms with Crippen LogP contribution in [0, 0.1) is 0 Å². The molecule has 0 radical (unpaired) electrons. The Labute approximate surface area is 150 Å². The van der Waals surface area contributed by atoms with Crippen molar-refractivity contribution in [1.29, 1.82) is 0 Å². The number of aliphatic hydroxyl groups excluding tert-OH is 1. The van der Waals surface area contributed by atoms with E-state index in [0.717, 1.165) is 15.6 Å². The Bertz CT molecular complexity index is 633. The molecule has 2 atom stereocenters. The van der Waals surface area contributed by atoms with Crippen molar-refractivity contribution >= 4 is 33.4 Å². The van der Waals surface area contributed by atoms with Crippen LogP contribution in [0.25, 0.3) is 0 Å². The summed E-state index contributed by atoms with van der Waals surface area (Å²) in [5.41, 5.74) is 1.77. The Morgan fingerprint density at radius 2 is 1.74 bits per heavy atom. The fourth-order valence-corrected chi connectivity index (χ4v) is 2.86. The van der Waals surface area contributed by atoms with Crippen LogP contribution >= 0.6 is 27.5 Å². The van der Waals surface area contributed by atoms with E-state index in [0.29, 0.717) is 0 Å². The molecule has 0 heterocycles. The number of nitrogens with zero attached hydrogens (tertiary/aromatic N) is 1. The Hall–Kier alpha value is -1.36. The van der Waals surface area contributed by atoms with Gasteiger partial charge in [0.25, 0.3) is 0 Å². The van der Waals surface area contributed by atoms with Gasteiger partial charge in [-0.05, 0) is 30.2 Å². The van der Waals surface area contributed by atoms with Gasteiger partial charge in [-0.1, -0.05) is 58.4 Å². The number of carbonyl (C=O) groups is 1. The Morgan fingerprint density at radius 3 is 2.30 bits per heavy atom. The lowest BCUT2D eigenvalue weighted by Crippen LogP contribution is -2.37. The zero-order chi connectivity index (χ0) is 16.8. The van der Waals surface area contributed by atoms with E-state index in [4.69, 9.17) is 11.6 Å². The molecule has 0 aromatic heterocycles. The Kier molecular flexibility index (Phi) is 6.63. The molecule has 5 heteroatoms. The molecule has 1 N–H and O–H groups in total. The summed E-state index contributed by atoms with van der Waals surface area (Å²) in [6, 6.07) is 17.0. The van der Waals surface area contributed by atoms with Gasteiger partial charge in [-0.25, -0.2) is 0 Å². The van der Waals surface area contributed by atoms with Crippen LogP contribution in [-0.2, 0) is 4.79 Å². The zero-order valence-corrected chi connectivity index (χ0v) is 15.2. The molecule has 2 aromatic carbocycles. The number of rotatable bonds is 6. The summed E-state index contributed by atoms with van der Waals surface area (Å²) in [4.78, 5) is 13.8. The van der Waals surface area contributed by atoms with Crippen molar-refractivity contribution in [3.05, 3.63) is 70.2 Å². The molecular weight excluding hydrogens is 378 g/mol. The molecular formula is C18H19BrClNO2. The van der Waals surface area contributed by atoms with Crippen molar-refractivity contribution in [2.75, 3.05) is 12.4 Å². The summed E-state index contributed by atoms with van der Waals surface area (Å²) < 4.78 is 0.944. The number of aliphatic hydroxyl groups is 1. The highest BCUT2D eigenvalue weighted by atomic mass is 79.9. The van der Waals surface area contributed by atoms with Gasteiger partial charge in [0.15, 0.2) is 0 Å². The molecule has 0 spiro atoms. The summed E-state index contributed by atoms with van der Waals surface area (Å²) in [7, 11) is 0. The standard InChI is InChI=1S/C18H19BrClNO2/c1-13(14-5-3-2-4-6-14)21(18(23)11-20)12-17(22)15-7-9-16(19)10-8-15/h2-10,13,17,22H,11-12H2,1H3/t13-,17-/m1/s1. The summed E-state index contributed by atoms with van der Waals surface area (Å²) in [6.45, 7) is 2.14. The van der Waals surface area contributed by atoms with Gasteiger partial charge in [0.05, 0.1) is 18.7 Å². The number of alkyl halides is 1. The van der Waals surface area contributed by atoms with Gasteiger partial charge in [0, 0.05) is 4.47 Å². The van der Waals surface area contributed by atoms with E-state index in [1.165, 1.54) is 0 Å².